The van der Waals surface area contributed by atoms with E-state index in [1.807, 2.05) is 24.0 Å². The SMILES string of the molecule is CCC(=O)c1ccc(OCC(=O)N2CCCN(c3ccncc3)CC2)cc1. The molecule has 0 aliphatic carbocycles. The Morgan fingerprint density at radius 2 is 1.74 bits per heavy atom. The molecule has 2 heterocycles. The molecule has 2 aromatic rings. The minimum atomic E-state index is -0.0136. The normalized spacial score (nSPS) is 14.6. The zero-order valence-electron chi connectivity index (χ0n) is 15.6. The van der Waals surface area contributed by atoms with Gasteiger partial charge in [0.2, 0.25) is 0 Å². The molecule has 0 spiro atoms. The number of ketones is 1. The van der Waals surface area contributed by atoms with E-state index in [-0.39, 0.29) is 18.3 Å². The molecule has 3 rings (SSSR count). The Balaban J connectivity index is 1.50. The zero-order chi connectivity index (χ0) is 19.1. The van der Waals surface area contributed by atoms with Crippen LogP contribution in [0.4, 0.5) is 5.69 Å². The van der Waals surface area contributed by atoms with Crippen LogP contribution in [0.2, 0.25) is 0 Å². The van der Waals surface area contributed by atoms with Crippen LogP contribution in [0.5, 0.6) is 5.75 Å². The lowest BCUT2D eigenvalue weighted by Crippen LogP contribution is -2.38. The fourth-order valence-electron chi connectivity index (χ4n) is 3.16. The minimum absolute atomic E-state index is 0.0102. The summed E-state index contributed by atoms with van der Waals surface area (Å²) in [7, 11) is 0. The predicted octanol–water partition coefficient (Wildman–Crippen LogP) is 2.79. The van der Waals surface area contributed by atoms with Crippen molar-refractivity contribution < 1.29 is 14.3 Å². The third kappa shape index (κ3) is 5.06. The lowest BCUT2D eigenvalue weighted by molar-refractivity contribution is -0.133. The van der Waals surface area contributed by atoms with E-state index in [1.165, 1.54) is 0 Å². The number of rotatable bonds is 6. The van der Waals surface area contributed by atoms with Gasteiger partial charge in [0.15, 0.2) is 12.4 Å². The third-order valence-electron chi connectivity index (χ3n) is 4.74. The first kappa shape index (κ1) is 18.9. The maximum Gasteiger partial charge on any atom is 0.260 e. The number of carbonyl (C=O) groups is 2. The van der Waals surface area contributed by atoms with Gasteiger partial charge in [-0.05, 0) is 42.8 Å². The lowest BCUT2D eigenvalue weighted by atomic mass is 10.1. The number of anilines is 1. The van der Waals surface area contributed by atoms with Crippen LogP contribution >= 0.6 is 0 Å². The van der Waals surface area contributed by atoms with Gasteiger partial charge in [0.05, 0.1) is 0 Å². The number of amides is 1. The maximum absolute atomic E-state index is 12.5. The van der Waals surface area contributed by atoms with Crippen molar-refractivity contribution in [3.63, 3.8) is 0 Å². The summed E-state index contributed by atoms with van der Waals surface area (Å²) in [5, 5.41) is 0. The number of carbonyl (C=O) groups excluding carboxylic acids is 2. The molecule has 1 aliphatic rings. The fourth-order valence-corrected chi connectivity index (χ4v) is 3.16. The number of aromatic nitrogens is 1. The summed E-state index contributed by atoms with van der Waals surface area (Å²) in [6.45, 7) is 4.96. The van der Waals surface area contributed by atoms with Crippen LogP contribution in [0.1, 0.15) is 30.1 Å². The molecule has 0 N–H and O–H groups in total. The van der Waals surface area contributed by atoms with Gasteiger partial charge in [0, 0.05) is 56.2 Å². The van der Waals surface area contributed by atoms with Crippen LogP contribution < -0.4 is 9.64 Å². The van der Waals surface area contributed by atoms with Crippen molar-refractivity contribution in [1.29, 1.82) is 0 Å². The number of pyridine rings is 1. The Morgan fingerprint density at radius 3 is 2.44 bits per heavy atom. The van der Waals surface area contributed by atoms with E-state index in [0.29, 0.717) is 24.3 Å². The molecule has 0 bridgehead atoms. The first-order valence-electron chi connectivity index (χ1n) is 9.36. The van der Waals surface area contributed by atoms with Gasteiger partial charge in [-0.15, -0.1) is 0 Å². The molecule has 6 heteroatoms. The maximum atomic E-state index is 12.5. The van der Waals surface area contributed by atoms with E-state index in [1.54, 1.807) is 36.7 Å². The van der Waals surface area contributed by atoms with Crippen LogP contribution in [0, 0.1) is 0 Å². The number of Topliss-reactive ketones (excluding diaryl/α,β-unsaturated/α-hetero) is 1. The standard InChI is InChI=1S/C21H25N3O3/c1-2-20(25)17-4-6-19(7-5-17)27-16-21(26)24-13-3-12-23(14-15-24)18-8-10-22-11-9-18/h4-11H,2-3,12-16H2,1H3. The summed E-state index contributed by atoms with van der Waals surface area (Å²) in [5.74, 6) is 0.686. The average Bonchev–Trinajstić information content (AvgIpc) is 2.99. The molecule has 0 saturated carbocycles. The van der Waals surface area contributed by atoms with Crippen molar-refractivity contribution in [3.8, 4) is 5.75 Å². The first-order valence-corrected chi connectivity index (χ1v) is 9.36. The second kappa shape index (κ2) is 9.16. The van der Waals surface area contributed by atoms with Gasteiger partial charge < -0.3 is 14.5 Å². The van der Waals surface area contributed by atoms with Gasteiger partial charge in [-0.2, -0.15) is 0 Å². The Labute approximate surface area is 159 Å². The minimum Gasteiger partial charge on any atom is -0.484 e. The Morgan fingerprint density at radius 1 is 1.00 bits per heavy atom. The van der Waals surface area contributed by atoms with Crippen LogP contribution in [0.25, 0.3) is 0 Å². The molecule has 1 amide bonds. The summed E-state index contributed by atoms with van der Waals surface area (Å²) < 4.78 is 5.62. The largest absolute Gasteiger partial charge is 0.484 e. The van der Waals surface area contributed by atoms with Crippen molar-refractivity contribution in [3.05, 3.63) is 54.4 Å². The van der Waals surface area contributed by atoms with E-state index < -0.39 is 0 Å². The summed E-state index contributed by atoms with van der Waals surface area (Å²) in [6.07, 6.45) is 4.97. The van der Waals surface area contributed by atoms with E-state index in [0.717, 1.165) is 31.7 Å². The second-order valence-electron chi connectivity index (χ2n) is 6.52. The highest BCUT2D eigenvalue weighted by Gasteiger charge is 2.19. The Kier molecular flexibility index (Phi) is 6.41. The molecule has 142 valence electrons. The molecule has 0 radical (unpaired) electrons. The van der Waals surface area contributed by atoms with Gasteiger partial charge in [0.1, 0.15) is 5.75 Å². The number of hydrogen-bond acceptors (Lipinski definition) is 5. The monoisotopic (exact) mass is 367 g/mol. The fraction of sp³-hybridized carbons (Fsp3) is 0.381. The van der Waals surface area contributed by atoms with Crippen molar-refractivity contribution in [2.75, 3.05) is 37.7 Å². The molecular formula is C21H25N3O3. The van der Waals surface area contributed by atoms with Crippen molar-refractivity contribution >= 4 is 17.4 Å². The molecule has 1 aromatic heterocycles. The molecule has 1 saturated heterocycles. The zero-order valence-corrected chi connectivity index (χ0v) is 15.6. The molecule has 0 unspecified atom stereocenters. The van der Waals surface area contributed by atoms with Gasteiger partial charge in [0.25, 0.3) is 5.91 Å². The van der Waals surface area contributed by atoms with Crippen molar-refractivity contribution in [1.82, 2.24) is 9.88 Å². The lowest BCUT2D eigenvalue weighted by Gasteiger charge is -2.23. The number of ether oxygens (including phenoxy) is 1. The van der Waals surface area contributed by atoms with Crippen LogP contribution in [-0.2, 0) is 4.79 Å². The number of nitrogens with zero attached hydrogens (tertiary/aromatic N) is 3. The molecule has 1 aromatic carbocycles. The molecule has 1 aliphatic heterocycles. The van der Waals surface area contributed by atoms with E-state index in [2.05, 4.69) is 9.88 Å². The first-order chi connectivity index (χ1) is 13.2. The van der Waals surface area contributed by atoms with Crippen LogP contribution in [0.15, 0.2) is 48.8 Å². The number of hydrogen-bond donors (Lipinski definition) is 0. The molecule has 27 heavy (non-hydrogen) atoms. The van der Waals surface area contributed by atoms with E-state index in [4.69, 9.17) is 4.74 Å². The Bertz CT molecular complexity index is 762. The average molecular weight is 367 g/mol. The quantitative estimate of drug-likeness (QED) is 0.735. The van der Waals surface area contributed by atoms with Crippen LogP contribution in [0.3, 0.4) is 0 Å². The highest BCUT2D eigenvalue weighted by molar-refractivity contribution is 5.95. The third-order valence-corrected chi connectivity index (χ3v) is 4.74. The molecule has 0 atom stereocenters. The van der Waals surface area contributed by atoms with E-state index in [9.17, 15) is 9.59 Å². The molecule has 1 fully saturated rings. The van der Waals surface area contributed by atoms with Gasteiger partial charge in [-0.1, -0.05) is 6.92 Å². The summed E-state index contributed by atoms with van der Waals surface area (Å²) in [4.78, 5) is 32.3. The van der Waals surface area contributed by atoms with E-state index >= 15 is 0 Å². The highest BCUT2D eigenvalue weighted by atomic mass is 16.5. The van der Waals surface area contributed by atoms with Crippen molar-refractivity contribution in [2.45, 2.75) is 19.8 Å². The Hall–Kier alpha value is -2.89. The number of benzene rings is 1. The van der Waals surface area contributed by atoms with Crippen molar-refractivity contribution in [2.24, 2.45) is 0 Å². The second-order valence-corrected chi connectivity index (χ2v) is 6.52. The smallest absolute Gasteiger partial charge is 0.260 e. The molecular weight excluding hydrogens is 342 g/mol. The predicted molar refractivity (Wildman–Crippen MR) is 104 cm³/mol. The topological polar surface area (TPSA) is 62.7 Å². The van der Waals surface area contributed by atoms with Crippen LogP contribution in [-0.4, -0.2) is 54.4 Å². The van der Waals surface area contributed by atoms with Gasteiger partial charge >= 0.3 is 0 Å². The summed E-state index contributed by atoms with van der Waals surface area (Å²) in [5.41, 5.74) is 1.80. The molecule has 6 nitrogen and oxygen atoms in total. The highest BCUT2D eigenvalue weighted by Crippen LogP contribution is 2.16. The summed E-state index contributed by atoms with van der Waals surface area (Å²) in [6, 6.07) is 10.9. The van der Waals surface area contributed by atoms with Gasteiger partial charge in [-0.3, -0.25) is 14.6 Å². The summed E-state index contributed by atoms with van der Waals surface area (Å²) >= 11 is 0. The van der Waals surface area contributed by atoms with Gasteiger partial charge in [-0.25, -0.2) is 0 Å².